The Hall–Kier alpha value is -2.97. The smallest absolute Gasteiger partial charge is 0.338 e. The molecule has 9 nitrogen and oxygen atoms in total. The first-order valence-corrected chi connectivity index (χ1v) is 8.80. The van der Waals surface area contributed by atoms with Crippen LogP contribution in [0.15, 0.2) is 22.1 Å². The minimum Gasteiger partial charge on any atom is -0.493 e. The van der Waals surface area contributed by atoms with Crippen molar-refractivity contribution >= 4 is 23.6 Å². The fraction of sp³-hybridized carbons (Fsp3) is 0.500. The molecular weight excluding hydrogens is 350 g/mol. The molecule has 1 aromatic rings. The molecule has 9 heteroatoms. The van der Waals surface area contributed by atoms with E-state index in [1.165, 1.54) is 21.3 Å². The second-order valence-corrected chi connectivity index (χ2v) is 6.54. The van der Waals surface area contributed by atoms with Crippen molar-refractivity contribution < 1.29 is 19.0 Å². The van der Waals surface area contributed by atoms with Gasteiger partial charge in [0.2, 0.25) is 11.9 Å². The van der Waals surface area contributed by atoms with Gasteiger partial charge in [-0.25, -0.2) is 9.79 Å². The van der Waals surface area contributed by atoms with Crippen LogP contribution in [0.5, 0.6) is 11.5 Å². The summed E-state index contributed by atoms with van der Waals surface area (Å²) in [6.45, 7) is 0. The van der Waals surface area contributed by atoms with Crippen LogP contribution in [-0.4, -0.2) is 44.9 Å². The molecule has 2 aliphatic rings. The first kappa shape index (κ1) is 18.8. The predicted octanol–water partition coefficient (Wildman–Crippen LogP) is 1.60. The van der Waals surface area contributed by atoms with E-state index in [0.717, 1.165) is 32.1 Å². The van der Waals surface area contributed by atoms with E-state index >= 15 is 0 Å². The predicted molar refractivity (Wildman–Crippen MR) is 102 cm³/mol. The maximum atomic E-state index is 12.2. The van der Waals surface area contributed by atoms with Crippen molar-refractivity contribution in [1.29, 1.82) is 0 Å². The SMILES string of the molecule is COC(=O)c1cc(OC)c(OC)c(N2C(N)=NC(N)=NC23CCCCC3)c1. The molecular formula is C18H25N5O4. The van der Waals surface area contributed by atoms with Gasteiger partial charge in [-0.2, -0.15) is 4.99 Å². The topological polar surface area (TPSA) is 125 Å². The average Bonchev–Trinajstić information content (AvgIpc) is 2.66. The van der Waals surface area contributed by atoms with Crippen molar-refractivity contribution in [2.24, 2.45) is 21.5 Å². The Bertz CT molecular complexity index is 799. The number of carbonyl (C=O) groups excluding carboxylic acids is 1. The minimum absolute atomic E-state index is 0.153. The van der Waals surface area contributed by atoms with Gasteiger partial charge >= 0.3 is 5.97 Å². The van der Waals surface area contributed by atoms with Crippen molar-refractivity contribution in [3.63, 3.8) is 0 Å². The lowest BCUT2D eigenvalue weighted by Crippen LogP contribution is -2.58. The third kappa shape index (κ3) is 3.24. The Labute approximate surface area is 158 Å². The van der Waals surface area contributed by atoms with Crippen molar-refractivity contribution in [2.75, 3.05) is 26.2 Å². The number of ether oxygens (including phenoxy) is 3. The van der Waals surface area contributed by atoms with Crippen molar-refractivity contribution in [3.8, 4) is 11.5 Å². The monoisotopic (exact) mass is 375 g/mol. The summed E-state index contributed by atoms with van der Waals surface area (Å²) in [5.41, 5.74) is 12.4. The number of nitrogens with two attached hydrogens (primary N) is 2. The van der Waals surface area contributed by atoms with Gasteiger partial charge in [0.05, 0.1) is 32.6 Å². The van der Waals surface area contributed by atoms with Gasteiger partial charge in [-0.3, -0.25) is 4.90 Å². The van der Waals surface area contributed by atoms with Crippen molar-refractivity contribution in [2.45, 2.75) is 37.8 Å². The van der Waals surface area contributed by atoms with E-state index in [1.807, 2.05) is 0 Å². The molecule has 1 fully saturated rings. The highest BCUT2D eigenvalue weighted by Crippen LogP contribution is 2.46. The third-order valence-corrected chi connectivity index (χ3v) is 4.97. The Balaban J connectivity index is 2.23. The maximum Gasteiger partial charge on any atom is 0.338 e. The van der Waals surface area contributed by atoms with Gasteiger partial charge in [0.25, 0.3) is 0 Å². The van der Waals surface area contributed by atoms with Gasteiger partial charge in [-0.15, -0.1) is 0 Å². The zero-order valence-corrected chi connectivity index (χ0v) is 15.8. The summed E-state index contributed by atoms with van der Waals surface area (Å²) >= 11 is 0. The average molecular weight is 375 g/mol. The highest BCUT2D eigenvalue weighted by molar-refractivity contribution is 6.07. The summed E-state index contributed by atoms with van der Waals surface area (Å²) in [5, 5.41) is 0. The second kappa shape index (κ2) is 7.34. The molecule has 0 unspecified atom stereocenters. The molecule has 27 heavy (non-hydrogen) atoms. The zero-order valence-electron chi connectivity index (χ0n) is 15.8. The number of esters is 1. The summed E-state index contributed by atoms with van der Waals surface area (Å²) in [6, 6.07) is 3.22. The van der Waals surface area contributed by atoms with E-state index in [9.17, 15) is 4.79 Å². The number of guanidine groups is 2. The van der Waals surface area contributed by atoms with Crippen LogP contribution >= 0.6 is 0 Å². The van der Waals surface area contributed by atoms with E-state index in [4.69, 9.17) is 25.7 Å². The number of hydrogen-bond acceptors (Lipinski definition) is 9. The molecule has 1 spiro atoms. The van der Waals surface area contributed by atoms with Gasteiger partial charge < -0.3 is 25.7 Å². The Morgan fingerprint density at radius 3 is 2.41 bits per heavy atom. The highest BCUT2D eigenvalue weighted by atomic mass is 16.5. The molecule has 1 heterocycles. The first-order chi connectivity index (χ1) is 13.0. The summed E-state index contributed by atoms with van der Waals surface area (Å²) in [4.78, 5) is 22.8. The van der Waals surface area contributed by atoms with Gasteiger partial charge in [-0.05, 0) is 37.8 Å². The third-order valence-electron chi connectivity index (χ3n) is 4.97. The largest absolute Gasteiger partial charge is 0.493 e. The molecule has 1 saturated carbocycles. The fourth-order valence-electron chi connectivity index (χ4n) is 3.82. The summed E-state index contributed by atoms with van der Waals surface area (Å²) in [6.07, 6.45) is 4.60. The number of anilines is 1. The van der Waals surface area contributed by atoms with Gasteiger partial charge in [0.15, 0.2) is 11.5 Å². The lowest BCUT2D eigenvalue weighted by molar-refractivity contribution is 0.0600. The Kier molecular flexibility index (Phi) is 5.11. The Morgan fingerprint density at radius 2 is 1.81 bits per heavy atom. The van der Waals surface area contributed by atoms with Crippen LogP contribution in [0.3, 0.4) is 0 Å². The van der Waals surface area contributed by atoms with E-state index in [1.54, 1.807) is 17.0 Å². The first-order valence-electron chi connectivity index (χ1n) is 8.80. The highest BCUT2D eigenvalue weighted by Gasteiger charge is 2.44. The number of methoxy groups -OCH3 is 3. The number of nitrogens with zero attached hydrogens (tertiary/aromatic N) is 3. The minimum atomic E-state index is -0.665. The molecule has 146 valence electrons. The molecule has 3 rings (SSSR count). The standard InChI is InChI=1S/C18H25N5O4/c1-25-13-10-11(15(24)27-3)9-12(14(13)26-2)23-17(20)21-16(19)22-18(23)7-5-4-6-8-18/h9-10H,4-8H2,1-3H3,(H4,19,20,21,22). The summed E-state index contributed by atoms with van der Waals surface area (Å²) < 4.78 is 15.9. The summed E-state index contributed by atoms with van der Waals surface area (Å²) in [7, 11) is 4.35. The van der Waals surface area contributed by atoms with E-state index in [2.05, 4.69) is 9.98 Å². The number of rotatable bonds is 4. The number of aliphatic imine (C=N–C) groups is 2. The van der Waals surface area contributed by atoms with E-state index in [0.29, 0.717) is 22.7 Å². The van der Waals surface area contributed by atoms with Gasteiger partial charge in [-0.1, -0.05) is 6.42 Å². The normalized spacial score (nSPS) is 18.6. The lowest BCUT2D eigenvalue weighted by atomic mass is 9.87. The van der Waals surface area contributed by atoms with Crippen LogP contribution < -0.4 is 25.8 Å². The fourth-order valence-corrected chi connectivity index (χ4v) is 3.82. The molecule has 1 aromatic carbocycles. The summed E-state index contributed by atoms with van der Waals surface area (Å²) in [5.74, 6) is 0.679. The molecule has 0 saturated heterocycles. The number of hydrogen-bond donors (Lipinski definition) is 2. The van der Waals surface area contributed by atoms with Crippen LogP contribution in [0.4, 0.5) is 5.69 Å². The van der Waals surface area contributed by atoms with Crippen LogP contribution in [0.1, 0.15) is 42.5 Å². The van der Waals surface area contributed by atoms with Crippen LogP contribution in [-0.2, 0) is 4.74 Å². The molecule has 0 amide bonds. The quantitative estimate of drug-likeness (QED) is 0.766. The van der Waals surface area contributed by atoms with Gasteiger partial charge in [0, 0.05) is 0 Å². The second-order valence-electron chi connectivity index (χ2n) is 6.54. The molecule has 4 N–H and O–H groups in total. The molecule has 0 bridgehead atoms. The van der Waals surface area contributed by atoms with Crippen LogP contribution in [0.2, 0.25) is 0 Å². The molecule has 1 aliphatic carbocycles. The van der Waals surface area contributed by atoms with Crippen LogP contribution in [0.25, 0.3) is 0 Å². The van der Waals surface area contributed by atoms with Crippen molar-refractivity contribution in [3.05, 3.63) is 17.7 Å². The molecule has 0 aromatic heterocycles. The van der Waals surface area contributed by atoms with Crippen molar-refractivity contribution in [1.82, 2.24) is 0 Å². The zero-order chi connectivity index (χ0) is 19.6. The van der Waals surface area contributed by atoms with Gasteiger partial charge in [0.1, 0.15) is 5.66 Å². The number of carbonyl (C=O) groups is 1. The maximum absolute atomic E-state index is 12.2. The molecule has 0 atom stereocenters. The molecule has 0 radical (unpaired) electrons. The van der Waals surface area contributed by atoms with E-state index in [-0.39, 0.29) is 11.9 Å². The lowest BCUT2D eigenvalue weighted by Gasteiger charge is -2.46. The molecule has 1 aliphatic heterocycles. The Morgan fingerprint density at radius 1 is 1.11 bits per heavy atom. The van der Waals surface area contributed by atoms with Crippen LogP contribution in [0, 0.1) is 0 Å². The van der Waals surface area contributed by atoms with E-state index < -0.39 is 11.6 Å². The number of benzene rings is 1.